The minimum atomic E-state index is -3.67. The minimum absolute atomic E-state index is 0.218. The molecule has 0 unspecified atom stereocenters. The van der Waals surface area contributed by atoms with Gasteiger partial charge in [-0.3, -0.25) is 9.10 Å². The minimum Gasteiger partial charge on any atom is -0.348 e. The maximum atomic E-state index is 12.8. The summed E-state index contributed by atoms with van der Waals surface area (Å²) >= 11 is 5.85. The Labute approximate surface area is 176 Å². The van der Waals surface area contributed by atoms with Crippen molar-refractivity contribution < 1.29 is 13.2 Å². The number of carbonyl (C=O) groups excluding carboxylic acids is 1. The molecule has 3 aromatic carbocycles. The number of nitrogens with one attached hydrogen (secondary N) is 1. The van der Waals surface area contributed by atoms with Crippen molar-refractivity contribution in [2.45, 2.75) is 18.4 Å². The highest BCUT2D eigenvalue weighted by atomic mass is 35.5. The lowest BCUT2D eigenvalue weighted by molar-refractivity contribution is 0.0951. The van der Waals surface area contributed by atoms with Gasteiger partial charge in [0.15, 0.2) is 0 Å². The molecule has 3 rings (SSSR count). The lowest BCUT2D eigenvalue weighted by Gasteiger charge is -2.20. The van der Waals surface area contributed by atoms with Gasteiger partial charge in [-0.2, -0.15) is 0 Å². The summed E-state index contributed by atoms with van der Waals surface area (Å²) < 4.78 is 26.8. The molecule has 0 aliphatic carbocycles. The molecule has 0 heterocycles. The van der Waals surface area contributed by atoms with Gasteiger partial charge in [-0.05, 0) is 61.0 Å². The summed E-state index contributed by atoms with van der Waals surface area (Å²) in [6, 6.07) is 20.3. The van der Waals surface area contributed by atoms with Gasteiger partial charge in [0.25, 0.3) is 15.9 Å². The van der Waals surface area contributed by atoms with Crippen LogP contribution in [0.2, 0.25) is 5.02 Å². The zero-order chi connectivity index (χ0) is 21.0. The first-order chi connectivity index (χ1) is 13.8. The van der Waals surface area contributed by atoms with E-state index in [0.29, 0.717) is 22.8 Å². The molecule has 0 aliphatic rings. The molecule has 1 N–H and O–H groups in total. The van der Waals surface area contributed by atoms with E-state index in [1.54, 1.807) is 60.7 Å². The lowest BCUT2D eigenvalue weighted by Crippen LogP contribution is -2.27. The molecule has 0 fully saturated rings. The van der Waals surface area contributed by atoms with Crippen molar-refractivity contribution in [1.82, 2.24) is 5.32 Å². The Bertz CT molecular complexity index is 1090. The second kappa shape index (κ2) is 8.68. The van der Waals surface area contributed by atoms with E-state index < -0.39 is 10.0 Å². The summed E-state index contributed by atoms with van der Waals surface area (Å²) in [5, 5.41) is 3.47. The molecule has 0 atom stereocenters. The van der Waals surface area contributed by atoms with Crippen LogP contribution >= 0.6 is 11.6 Å². The number of hydrogen-bond donors (Lipinski definition) is 1. The van der Waals surface area contributed by atoms with Gasteiger partial charge in [0, 0.05) is 24.2 Å². The zero-order valence-electron chi connectivity index (χ0n) is 16.1. The van der Waals surface area contributed by atoms with E-state index in [0.717, 1.165) is 11.1 Å². The first-order valence-electron chi connectivity index (χ1n) is 8.96. The molecule has 0 bridgehead atoms. The fraction of sp³-hybridized carbons (Fsp3) is 0.136. The largest absolute Gasteiger partial charge is 0.348 e. The van der Waals surface area contributed by atoms with Crippen LogP contribution in [0, 0.1) is 6.92 Å². The van der Waals surface area contributed by atoms with Crippen LogP contribution in [0.15, 0.2) is 77.7 Å². The summed E-state index contributed by atoms with van der Waals surface area (Å²) in [5.41, 5.74) is 2.84. The van der Waals surface area contributed by atoms with Gasteiger partial charge in [0.1, 0.15) is 0 Å². The summed E-state index contributed by atoms with van der Waals surface area (Å²) in [7, 11) is -2.18. The summed E-state index contributed by atoms with van der Waals surface area (Å²) in [6.07, 6.45) is 0. The van der Waals surface area contributed by atoms with E-state index >= 15 is 0 Å². The Hall–Kier alpha value is -2.83. The van der Waals surface area contributed by atoms with Crippen LogP contribution in [0.25, 0.3) is 0 Å². The predicted octanol–water partition coefficient (Wildman–Crippen LogP) is 4.40. The molecule has 0 saturated carbocycles. The third-order valence-electron chi connectivity index (χ3n) is 4.54. The number of amides is 1. The van der Waals surface area contributed by atoms with Crippen LogP contribution in [0.1, 0.15) is 21.5 Å². The molecule has 0 spiro atoms. The van der Waals surface area contributed by atoms with Crippen LogP contribution in [0.3, 0.4) is 0 Å². The molecule has 5 nitrogen and oxygen atoms in total. The van der Waals surface area contributed by atoms with Crippen molar-refractivity contribution >= 4 is 33.2 Å². The van der Waals surface area contributed by atoms with Crippen LogP contribution in [0.4, 0.5) is 5.69 Å². The fourth-order valence-electron chi connectivity index (χ4n) is 2.72. The van der Waals surface area contributed by atoms with Crippen molar-refractivity contribution in [1.29, 1.82) is 0 Å². The number of aryl methyl sites for hydroxylation is 1. The third kappa shape index (κ3) is 4.96. The standard InChI is InChI=1S/C22H21ClN2O3S/c1-16-3-13-21(14-4-16)29(27,28)25(2)20-11-7-18(8-12-20)22(26)24-15-17-5-9-19(23)10-6-17/h3-14H,15H2,1-2H3,(H,24,26). The first-order valence-corrected chi connectivity index (χ1v) is 10.8. The highest BCUT2D eigenvalue weighted by Crippen LogP contribution is 2.22. The van der Waals surface area contributed by atoms with Crippen molar-refractivity contribution in [3.63, 3.8) is 0 Å². The molecule has 29 heavy (non-hydrogen) atoms. The second-order valence-electron chi connectivity index (χ2n) is 6.64. The van der Waals surface area contributed by atoms with Gasteiger partial charge < -0.3 is 5.32 Å². The molecule has 3 aromatic rings. The Morgan fingerprint density at radius 1 is 0.931 bits per heavy atom. The van der Waals surface area contributed by atoms with Crippen molar-refractivity contribution in [3.8, 4) is 0 Å². The number of rotatable bonds is 6. The monoisotopic (exact) mass is 428 g/mol. The van der Waals surface area contributed by atoms with E-state index in [-0.39, 0.29) is 10.8 Å². The predicted molar refractivity (Wildman–Crippen MR) is 116 cm³/mol. The topological polar surface area (TPSA) is 66.5 Å². The summed E-state index contributed by atoms with van der Waals surface area (Å²) in [5.74, 6) is -0.240. The SMILES string of the molecule is Cc1ccc(S(=O)(=O)N(C)c2ccc(C(=O)NCc3ccc(Cl)cc3)cc2)cc1. The molecule has 0 saturated heterocycles. The van der Waals surface area contributed by atoms with Gasteiger partial charge in [0.2, 0.25) is 0 Å². The highest BCUT2D eigenvalue weighted by molar-refractivity contribution is 7.92. The average Bonchev–Trinajstić information content (AvgIpc) is 2.73. The smallest absolute Gasteiger partial charge is 0.264 e. The van der Waals surface area contributed by atoms with Crippen molar-refractivity contribution in [2.24, 2.45) is 0 Å². The first kappa shape index (κ1) is 20.9. The molecule has 0 aromatic heterocycles. The number of anilines is 1. The van der Waals surface area contributed by atoms with Crippen molar-refractivity contribution in [2.75, 3.05) is 11.4 Å². The number of nitrogens with zero attached hydrogens (tertiary/aromatic N) is 1. The van der Waals surface area contributed by atoms with E-state index in [1.165, 1.54) is 11.4 Å². The number of halogens is 1. The van der Waals surface area contributed by atoms with Crippen LogP contribution in [0.5, 0.6) is 0 Å². The summed E-state index contributed by atoms with van der Waals surface area (Å²) in [4.78, 5) is 12.6. The van der Waals surface area contributed by atoms with Crippen LogP contribution in [-0.4, -0.2) is 21.4 Å². The highest BCUT2D eigenvalue weighted by Gasteiger charge is 2.21. The average molecular weight is 429 g/mol. The molecule has 0 radical (unpaired) electrons. The van der Waals surface area contributed by atoms with Gasteiger partial charge in [-0.25, -0.2) is 8.42 Å². The summed E-state index contributed by atoms with van der Waals surface area (Å²) in [6.45, 7) is 2.27. The quantitative estimate of drug-likeness (QED) is 0.632. The second-order valence-corrected chi connectivity index (χ2v) is 9.05. The van der Waals surface area contributed by atoms with Gasteiger partial charge in [0.05, 0.1) is 10.6 Å². The van der Waals surface area contributed by atoms with Crippen LogP contribution < -0.4 is 9.62 Å². The van der Waals surface area contributed by atoms with Gasteiger partial charge in [-0.15, -0.1) is 0 Å². The molecule has 1 amide bonds. The van der Waals surface area contributed by atoms with E-state index in [1.807, 2.05) is 19.1 Å². The third-order valence-corrected chi connectivity index (χ3v) is 6.59. The zero-order valence-corrected chi connectivity index (χ0v) is 17.7. The Kier molecular flexibility index (Phi) is 6.25. The van der Waals surface area contributed by atoms with Gasteiger partial charge >= 0.3 is 0 Å². The number of benzene rings is 3. The molecule has 150 valence electrons. The van der Waals surface area contributed by atoms with Crippen molar-refractivity contribution in [3.05, 3.63) is 94.5 Å². The van der Waals surface area contributed by atoms with Crippen LogP contribution in [-0.2, 0) is 16.6 Å². The Morgan fingerprint density at radius 2 is 1.52 bits per heavy atom. The lowest BCUT2D eigenvalue weighted by atomic mass is 10.2. The molecule has 0 aliphatic heterocycles. The molecular formula is C22H21ClN2O3S. The Balaban J connectivity index is 1.69. The van der Waals surface area contributed by atoms with E-state index in [2.05, 4.69) is 5.32 Å². The maximum Gasteiger partial charge on any atom is 0.264 e. The number of sulfonamides is 1. The molecular weight excluding hydrogens is 408 g/mol. The van der Waals surface area contributed by atoms with E-state index in [9.17, 15) is 13.2 Å². The Morgan fingerprint density at radius 3 is 2.10 bits per heavy atom. The fourth-order valence-corrected chi connectivity index (χ4v) is 4.04. The van der Waals surface area contributed by atoms with Gasteiger partial charge in [-0.1, -0.05) is 41.4 Å². The number of carbonyl (C=O) groups is 1. The number of hydrogen-bond acceptors (Lipinski definition) is 3. The maximum absolute atomic E-state index is 12.8. The van der Waals surface area contributed by atoms with E-state index in [4.69, 9.17) is 11.6 Å². The molecule has 7 heteroatoms. The normalized spacial score (nSPS) is 11.1.